The molecular weight excluding hydrogens is 382 g/mol. The van der Waals surface area contributed by atoms with Gasteiger partial charge in [0.05, 0.1) is 16.9 Å². The molecule has 9 heteroatoms. The molecule has 1 aromatic heterocycles. The summed E-state index contributed by atoms with van der Waals surface area (Å²) < 4.78 is 4.51. The highest BCUT2D eigenvalue weighted by molar-refractivity contribution is 7.99. The maximum absolute atomic E-state index is 11.8. The fourth-order valence-corrected chi connectivity index (χ4v) is 3.02. The van der Waals surface area contributed by atoms with Crippen LogP contribution in [0.15, 0.2) is 58.6 Å². The van der Waals surface area contributed by atoms with E-state index in [0.717, 1.165) is 0 Å². The molecule has 0 saturated carbocycles. The molecule has 0 aliphatic rings. The molecule has 0 bridgehead atoms. The van der Waals surface area contributed by atoms with Crippen LogP contribution in [-0.2, 0) is 14.3 Å². The molecular formula is C19H19N3O5S. The van der Waals surface area contributed by atoms with Gasteiger partial charge in [0.1, 0.15) is 5.03 Å². The van der Waals surface area contributed by atoms with E-state index in [-0.39, 0.29) is 24.0 Å². The summed E-state index contributed by atoms with van der Waals surface area (Å²) in [5.41, 5.74) is 0.470. The summed E-state index contributed by atoms with van der Waals surface area (Å²) >= 11 is 1.20. The van der Waals surface area contributed by atoms with Gasteiger partial charge in [-0.15, -0.1) is 0 Å². The summed E-state index contributed by atoms with van der Waals surface area (Å²) in [4.78, 5) is 38.3. The van der Waals surface area contributed by atoms with E-state index in [2.05, 4.69) is 15.0 Å². The number of nitro benzene ring substituents is 1. The number of nitrogens with one attached hydrogen (secondary N) is 1. The lowest BCUT2D eigenvalue weighted by Crippen LogP contribution is -2.22. The van der Waals surface area contributed by atoms with E-state index in [1.807, 2.05) is 6.07 Å². The average Bonchev–Trinajstić information content (AvgIpc) is 2.70. The predicted octanol–water partition coefficient (Wildman–Crippen LogP) is 3.22. The van der Waals surface area contributed by atoms with Crippen LogP contribution >= 0.6 is 11.8 Å². The molecule has 28 heavy (non-hydrogen) atoms. The van der Waals surface area contributed by atoms with Crippen molar-refractivity contribution >= 4 is 35.4 Å². The number of carbonyl (C=O) groups is 2. The van der Waals surface area contributed by atoms with E-state index < -0.39 is 4.92 Å². The third-order valence-electron chi connectivity index (χ3n) is 3.54. The first kappa shape index (κ1) is 21.1. The number of hydrogen-bond donors (Lipinski definition) is 1. The third-order valence-corrected chi connectivity index (χ3v) is 4.56. The molecule has 1 heterocycles. The Balaban J connectivity index is 1.99. The average molecular weight is 401 g/mol. The molecule has 0 unspecified atom stereocenters. The number of rotatable bonds is 9. The van der Waals surface area contributed by atoms with Crippen molar-refractivity contribution in [2.24, 2.45) is 0 Å². The number of hydrogen-bond acceptors (Lipinski definition) is 7. The minimum atomic E-state index is -0.463. The Labute approximate surface area is 166 Å². The first-order valence-electron chi connectivity index (χ1n) is 8.39. The number of benzene rings is 1. The van der Waals surface area contributed by atoms with Crippen molar-refractivity contribution in [3.8, 4) is 0 Å². The van der Waals surface area contributed by atoms with Gasteiger partial charge in [0.15, 0.2) is 0 Å². The number of ether oxygens (including phenoxy) is 1. The maximum Gasteiger partial charge on any atom is 0.305 e. The quantitative estimate of drug-likeness (QED) is 0.226. The Morgan fingerprint density at radius 3 is 2.82 bits per heavy atom. The minimum absolute atomic E-state index is 0.0590. The highest BCUT2D eigenvalue weighted by Crippen LogP contribution is 2.34. The maximum atomic E-state index is 11.8. The number of pyridine rings is 1. The third kappa shape index (κ3) is 6.84. The molecule has 1 aromatic carbocycles. The van der Waals surface area contributed by atoms with Crippen molar-refractivity contribution in [2.75, 3.05) is 13.7 Å². The van der Waals surface area contributed by atoms with Crippen molar-refractivity contribution in [3.05, 3.63) is 64.3 Å². The number of methoxy groups -OCH3 is 1. The largest absolute Gasteiger partial charge is 0.469 e. The lowest BCUT2D eigenvalue weighted by molar-refractivity contribution is -0.387. The first-order valence-corrected chi connectivity index (χ1v) is 9.21. The second-order valence-corrected chi connectivity index (χ2v) is 6.62. The lowest BCUT2D eigenvalue weighted by Gasteiger charge is -2.04. The van der Waals surface area contributed by atoms with E-state index in [1.165, 1.54) is 37.1 Å². The van der Waals surface area contributed by atoms with Crippen molar-refractivity contribution in [2.45, 2.75) is 22.8 Å². The molecule has 0 aliphatic heterocycles. The van der Waals surface area contributed by atoms with Crippen LogP contribution < -0.4 is 5.32 Å². The second kappa shape index (κ2) is 10.8. The molecule has 0 spiro atoms. The molecule has 2 rings (SSSR count). The minimum Gasteiger partial charge on any atom is -0.469 e. The standard InChI is InChI=1S/C19H19N3O5S/c1-27-19(24)6-4-12-20-17(23)10-8-14-7-9-16(15(13-14)22(25)26)28-18-5-2-3-11-21-18/h2-3,5,7-11,13H,4,6,12H2,1H3,(H,20,23)/b10-8+. The Morgan fingerprint density at radius 1 is 1.32 bits per heavy atom. The van der Waals surface area contributed by atoms with Gasteiger partial charge in [0, 0.05) is 31.3 Å². The van der Waals surface area contributed by atoms with Crippen LogP contribution in [0.4, 0.5) is 5.69 Å². The first-order chi connectivity index (χ1) is 13.5. The summed E-state index contributed by atoms with van der Waals surface area (Å²) in [6.45, 7) is 0.331. The van der Waals surface area contributed by atoms with Gasteiger partial charge in [-0.25, -0.2) is 4.98 Å². The molecule has 0 aliphatic carbocycles. The summed E-state index contributed by atoms with van der Waals surface area (Å²) in [6.07, 6.45) is 5.11. The van der Waals surface area contributed by atoms with Crippen LogP contribution in [0, 0.1) is 10.1 Å². The van der Waals surface area contributed by atoms with Crippen molar-refractivity contribution < 1.29 is 19.2 Å². The van der Waals surface area contributed by atoms with Crippen LogP contribution in [0.5, 0.6) is 0 Å². The molecule has 0 radical (unpaired) electrons. The van der Waals surface area contributed by atoms with Crippen LogP contribution in [0.25, 0.3) is 6.08 Å². The molecule has 146 valence electrons. The highest BCUT2D eigenvalue weighted by Gasteiger charge is 2.15. The predicted molar refractivity (Wildman–Crippen MR) is 105 cm³/mol. The van der Waals surface area contributed by atoms with Crippen LogP contribution in [0.3, 0.4) is 0 Å². The Hall–Kier alpha value is -3.20. The van der Waals surface area contributed by atoms with Gasteiger partial charge in [-0.05, 0) is 36.3 Å². The SMILES string of the molecule is COC(=O)CCCNC(=O)/C=C/c1ccc(Sc2ccccn2)c([N+](=O)[O-])c1. The van der Waals surface area contributed by atoms with Gasteiger partial charge in [-0.1, -0.05) is 23.9 Å². The van der Waals surface area contributed by atoms with Crippen LogP contribution in [0.1, 0.15) is 18.4 Å². The van der Waals surface area contributed by atoms with Crippen LogP contribution in [-0.4, -0.2) is 35.4 Å². The number of nitro groups is 1. The van der Waals surface area contributed by atoms with E-state index >= 15 is 0 Å². The van der Waals surface area contributed by atoms with Gasteiger partial charge in [-0.3, -0.25) is 19.7 Å². The topological polar surface area (TPSA) is 111 Å². The molecule has 2 aromatic rings. The van der Waals surface area contributed by atoms with Gasteiger partial charge < -0.3 is 10.1 Å². The number of amides is 1. The summed E-state index contributed by atoms with van der Waals surface area (Å²) in [5.74, 6) is -0.680. The molecule has 0 fully saturated rings. The number of nitrogens with zero attached hydrogens (tertiary/aromatic N) is 2. The van der Waals surface area contributed by atoms with Crippen molar-refractivity contribution in [1.82, 2.24) is 10.3 Å². The zero-order valence-electron chi connectivity index (χ0n) is 15.2. The van der Waals surface area contributed by atoms with Gasteiger partial charge >= 0.3 is 5.97 Å². The highest BCUT2D eigenvalue weighted by atomic mass is 32.2. The zero-order chi connectivity index (χ0) is 20.4. The van der Waals surface area contributed by atoms with E-state index in [1.54, 1.807) is 30.5 Å². The summed E-state index contributed by atoms with van der Waals surface area (Å²) in [5, 5.41) is 14.7. The van der Waals surface area contributed by atoms with E-state index in [0.29, 0.717) is 28.5 Å². The smallest absolute Gasteiger partial charge is 0.305 e. The van der Waals surface area contributed by atoms with Gasteiger partial charge in [0.2, 0.25) is 5.91 Å². The normalized spacial score (nSPS) is 10.6. The molecule has 1 N–H and O–H groups in total. The Bertz CT molecular complexity index is 871. The van der Waals surface area contributed by atoms with Crippen molar-refractivity contribution in [3.63, 3.8) is 0 Å². The van der Waals surface area contributed by atoms with Crippen LogP contribution in [0.2, 0.25) is 0 Å². The molecule has 8 nitrogen and oxygen atoms in total. The Morgan fingerprint density at radius 2 is 2.14 bits per heavy atom. The summed E-state index contributed by atoms with van der Waals surface area (Å²) in [7, 11) is 1.31. The number of carbonyl (C=O) groups excluding carboxylic acids is 2. The molecule has 0 saturated heterocycles. The van der Waals surface area contributed by atoms with Gasteiger partial charge in [-0.2, -0.15) is 0 Å². The molecule has 0 atom stereocenters. The Kier molecular flexibility index (Phi) is 8.16. The second-order valence-electron chi connectivity index (χ2n) is 5.56. The molecule has 1 amide bonds. The number of esters is 1. The van der Waals surface area contributed by atoms with E-state index in [9.17, 15) is 19.7 Å². The van der Waals surface area contributed by atoms with E-state index in [4.69, 9.17) is 0 Å². The zero-order valence-corrected chi connectivity index (χ0v) is 16.0. The van der Waals surface area contributed by atoms with Gasteiger partial charge in [0.25, 0.3) is 5.69 Å². The summed E-state index contributed by atoms with van der Waals surface area (Å²) in [6, 6.07) is 10.1. The van der Waals surface area contributed by atoms with Crippen molar-refractivity contribution in [1.29, 1.82) is 0 Å². The monoisotopic (exact) mass is 401 g/mol. The lowest BCUT2D eigenvalue weighted by atomic mass is 10.2. The fourth-order valence-electron chi connectivity index (χ4n) is 2.16. The fraction of sp³-hybridized carbons (Fsp3) is 0.211. The number of aromatic nitrogens is 1.